The highest BCUT2D eigenvalue weighted by Gasteiger charge is 2.20. The van der Waals surface area contributed by atoms with Gasteiger partial charge in [0.2, 0.25) is 0 Å². The van der Waals surface area contributed by atoms with Gasteiger partial charge in [0.1, 0.15) is 0 Å². The van der Waals surface area contributed by atoms with Crippen LogP contribution in [0.3, 0.4) is 0 Å². The minimum Gasteiger partial charge on any atom is -0.309 e. The summed E-state index contributed by atoms with van der Waals surface area (Å²) in [6.07, 6.45) is 0. The first-order valence-electron chi connectivity index (χ1n) is 16.3. The molecule has 1 heterocycles. The fourth-order valence-electron chi connectivity index (χ4n) is 7.55. The Morgan fingerprint density at radius 1 is 0.469 bits per heavy atom. The first kappa shape index (κ1) is 28.3. The summed E-state index contributed by atoms with van der Waals surface area (Å²) < 4.78 is 2.28. The number of para-hydroxylation sites is 2. The van der Waals surface area contributed by atoms with Crippen LogP contribution < -0.4 is 0 Å². The molecule has 49 heavy (non-hydrogen) atoms. The molecule has 8 aromatic carbocycles. The van der Waals surface area contributed by atoms with Crippen molar-refractivity contribution in [1.29, 1.82) is 5.26 Å². The van der Waals surface area contributed by atoms with Crippen molar-refractivity contribution in [1.82, 2.24) is 4.57 Å². The van der Waals surface area contributed by atoms with Gasteiger partial charge in [-0.2, -0.15) is 5.26 Å². The van der Waals surface area contributed by atoms with Gasteiger partial charge >= 0.3 is 0 Å². The summed E-state index contributed by atoms with van der Waals surface area (Å²) in [4.78, 5) is 3.99. The first-order chi connectivity index (χ1) is 24.2. The summed E-state index contributed by atoms with van der Waals surface area (Å²) in [5, 5.41) is 16.5. The van der Waals surface area contributed by atoms with E-state index in [0.717, 1.165) is 60.5 Å². The molecule has 0 unspecified atom stereocenters. The van der Waals surface area contributed by atoms with Crippen LogP contribution in [0.5, 0.6) is 0 Å². The summed E-state index contributed by atoms with van der Waals surface area (Å²) in [7, 11) is 0. The van der Waals surface area contributed by atoms with Crippen molar-refractivity contribution in [3.8, 4) is 45.1 Å². The van der Waals surface area contributed by atoms with Crippen LogP contribution in [0.2, 0.25) is 0 Å². The minimum atomic E-state index is 0.587. The Kier molecular flexibility index (Phi) is 6.58. The Labute approximate surface area is 284 Å². The maximum atomic E-state index is 9.68. The van der Waals surface area contributed by atoms with E-state index in [9.17, 15) is 5.26 Å². The van der Waals surface area contributed by atoms with Crippen molar-refractivity contribution >= 4 is 49.0 Å². The molecule has 0 bridgehead atoms. The molecule has 0 amide bonds. The first-order valence-corrected chi connectivity index (χ1v) is 16.3. The Bertz CT molecular complexity index is 2790. The highest BCUT2D eigenvalue weighted by atomic mass is 15.0. The Morgan fingerprint density at radius 3 is 1.69 bits per heavy atom. The molecule has 0 saturated carbocycles. The fraction of sp³-hybridized carbons (Fsp3) is 0. The quantitative estimate of drug-likeness (QED) is 0.142. The number of aromatic nitrogens is 1. The van der Waals surface area contributed by atoms with Crippen LogP contribution in [0.15, 0.2) is 164 Å². The topological polar surface area (TPSA) is 33.1 Å². The SMILES string of the molecule is [C-]#[N+]c1cc(-c2ccccc2-n2c3ccccc3c3cc(C#N)ccc32)cc(-c2c3ccccc3c(-c3ccccc3)c3ccccc23)c1. The molecule has 0 aliphatic rings. The summed E-state index contributed by atoms with van der Waals surface area (Å²) in [5.41, 5.74) is 10.8. The van der Waals surface area contributed by atoms with Crippen LogP contribution in [0.1, 0.15) is 5.56 Å². The zero-order valence-electron chi connectivity index (χ0n) is 26.4. The lowest BCUT2D eigenvalue weighted by Gasteiger charge is -2.19. The van der Waals surface area contributed by atoms with Crippen molar-refractivity contribution in [2.45, 2.75) is 0 Å². The molecular formula is C46H27N3. The van der Waals surface area contributed by atoms with Crippen molar-refractivity contribution in [2.24, 2.45) is 0 Å². The molecule has 0 aliphatic carbocycles. The molecule has 0 radical (unpaired) electrons. The third-order valence-corrected chi connectivity index (χ3v) is 9.59. The molecule has 0 fully saturated rings. The van der Waals surface area contributed by atoms with Crippen LogP contribution in [0, 0.1) is 17.9 Å². The van der Waals surface area contributed by atoms with E-state index in [0.29, 0.717) is 11.3 Å². The molecule has 0 saturated heterocycles. The van der Waals surface area contributed by atoms with Gasteiger partial charge in [-0.05, 0) is 97.9 Å². The second-order valence-corrected chi connectivity index (χ2v) is 12.3. The molecule has 0 atom stereocenters. The maximum Gasteiger partial charge on any atom is 0.188 e. The number of nitriles is 1. The number of hydrogen-bond donors (Lipinski definition) is 0. The highest BCUT2D eigenvalue weighted by Crippen LogP contribution is 2.46. The molecular weight excluding hydrogens is 595 g/mol. The van der Waals surface area contributed by atoms with E-state index in [-0.39, 0.29) is 0 Å². The number of rotatable bonds is 4. The third kappa shape index (κ3) is 4.49. The molecule has 9 rings (SSSR count). The number of hydrogen-bond acceptors (Lipinski definition) is 1. The standard InChI is InChI=1S/C46H27N3/c1-48-34-27-32(35-15-9-11-21-42(35)49-43-22-12-10-16-36(43)41-25-30(29-47)23-24-44(41)49)26-33(28-34)46-39-19-7-5-17-37(39)45(31-13-3-2-4-14-31)38-18-6-8-20-40(38)46/h2-28H. The normalized spacial score (nSPS) is 11.2. The second-order valence-electron chi connectivity index (χ2n) is 12.3. The largest absolute Gasteiger partial charge is 0.309 e. The average molecular weight is 622 g/mol. The van der Waals surface area contributed by atoms with Gasteiger partial charge in [-0.1, -0.05) is 115 Å². The van der Waals surface area contributed by atoms with E-state index in [1.54, 1.807) is 0 Å². The molecule has 0 aliphatic heterocycles. The van der Waals surface area contributed by atoms with E-state index in [1.807, 2.05) is 36.4 Å². The van der Waals surface area contributed by atoms with E-state index in [1.165, 1.54) is 21.9 Å². The summed E-state index contributed by atoms with van der Waals surface area (Å²) in [6.45, 7) is 8.17. The Hall–Kier alpha value is -6.94. The molecule has 1 aromatic heterocycles. The lowest BCUT2D eigenvalue weighted by atomic mass is 9.85. The van der Waals surface area contributed by atoms with Gasteiger partial charge in [-0.25, -0.2) is 4.85 Å². The molecule has 0 spiro atoms. The summed E-state index contributed by atoms with van der Waals surface area (Å²) >= 11 is 0. The minimum absolute atomic E-state index is 0.587. The maximum absolute atomic E-state index is 9.68. The highest BCUT2D eigenvalue weighted by molar-refractivity contribution is 6.21. The lowest BCUT2D eigenvalue weighted by Crippen LogP contribution is -1.97. The van der Waals surface area contributed by atoms with Gasteiger partial charge in [0.15, 0.2) is 5.69 Å². The van der Waals surface area contributed by atoms with E-state index >= 15 is 0 Å². The van der Waals surface area contributed by atoms with Crippen molar-refractivity contribution < 1.29 is 0 Å². The predicted octanol–water partition coefficient (Wildman–Crippen LogP) is 12.5. The van der Waals surface area contributed by atoms with Gasteiger partial charge in [-0.15, -0.1) is 0 Å². The molecule has 3 heteroatoms. The van der Waals surface area contributed by atoms with Gasteiger partial charge in [0.25, 0.3) is 0 Å². The predicted molar refractivity (Wildman–Crippen MR) is 203 cm³/mol. The molecule has 226 valence electrons. The summed E-state index contributed by atoms with van der Waals surface area (Å²) in [6, 6.07) is 59.1. The average Bonchev–Trinajstić information content (AvgIpc) is 3.50. The van der Waals surface area contributed by atoms with Crippen molar-refractivity contribution in [3.63, 3.8) is 0 Å². The van der Waals surface area contributed by atoms with E-state index in [4.69, 9.17) is 6.57 Å². The molecule has 0 N–H and O–H groups in total. The Balaban J connectivity index is 1.33. The lowest BCUT2D eigenvalue weighted by molar-refractivity contribution is 1.18. The zero-order chi connectivity index (χ0) is 32.9. The van der Waals surface area contributed by atoms with Crippen LogP contribution in [-0.2, 0) is 0 Å². The monoisotopic (exact) mass is 621 g/mol. The smallest absolute Gasteiger partial charge is 0.188 e. The van der Waals surface area contributed by atoms with Gasteiger partial charge in [0, 0.05) is 16.3 Å². The van der Waals surface area contributed by atoms with Gasteiger partial charge in [-0.3, -0.25) is 0 Å². The molecule has 3 nitrogen and oxygen atoms in total. The fourth-order valence-corrected chi connectivity index (χ4v) is 7.55. The van der Waals surface area contributed by atoms with Gasteiger partial charge in [0.05, 0.1) is 34.9 Å². The number of fused-ring (bicyclic) bond motifs is 5. The van der Waals surface area contributed by atoms with Crippen LogP contribution in [0.4, 0.5) is 5.69 Å². The molecule has 9 aromatic rings. The zero-order valence-corrected chi connectivity index (χ0v) is 26.4. The van der Waals surface area contributed by atoms with Gasteiger partial charge < -0.3 is 4.57 Å². The van der Waals surface area contributed by atoms with Crippen molar-refractivity contribution in [3.05, 3.63) is 181 Å². The van der Waals surface area contributed by atoms with E-state index in [2.05, 4.69) is 143 Å². The Morgan fingerprint density at radius 2 is 1.02 bits per heavy atom. The van der Waals surface area contributed by atoms with Crippen LogP contribution in [-0.4, -0.2) is 4.57 Å². The number of benzene rings is 8. The van der Waals surface area contributed by atoms with Crippen LogP contribution >= 0.6 is 0 Å². The van der Waals surface area contributed by atoms with Crippen molar-refractivity contribution in [2.75, 3.05) is 0 Å². The third-order valence-electron chi connectivity index (χ3n) is 9.59. The summed E-state index contributed by atoms with van der Waals surface area (Å²) in [5.74, 6) is 0. The second kappa shape index (κ2) is 11.4. The van der Waals surface area contributed by atoms with E-state index < -0.39 is 0 Å². The number of nitrogens with zero attached hydrogens (tertiary/aromatic N) is 3. The van der Waals surface area contributed by atoms with Crippen LogP contribution in [0.25, 0.3) is 87.3 Å².